The molecule has 2 heterocycles. The maximum Gasteiger partial charge on any atom is 0.347 e. The van der Waals surface area contributed by atoms with Gasteiger partial charge in [-0.2, -0.15) is 5.26 Å². The lowest BCUT2D eigenvalue weighted by Gasteiger charge is -2.05. The molecule has 0 aliphatic rings. The molecule has 0 aliphatic carbocycles. The summed E-state index contributed by atoms with van der Waals surface area (Å²) >= 11 is 1.88. The van der Waals surface area contributed by atoms with Gasteiger partial charge >= 0.3 is 5.97 Å². The Bertz CT molecular complexity index is 767. The summed E-state index contributed by atoms with van der Waals surface area (Å²) in [6.45, 7) is 0. The maximum absolute atomic E-state index is 12.1. The fraction of sp³-hybridized carbons (Fsp3) is 0. The Morgan fingerprint density at radius 1 is 1.32 bits per heavy atom. The predicted molar refractivity (Wildman–Crippen MR) is 71.1 cm³/mol. The molecule has 0 amide bonds. The first-order valence-corrected chi connectivity index (χ1v) is 8.01. The van der Waals surface area contributed by atoms with E-state index in [1.54, 1.807) is 5.38 Å². The number of hydrogen-bond acceptors (Lipinski definition) is 6. The molecule has 0 radical (unpaired) electrons. The third-order valence-electron chi connectivity index (χ3n) is 2.13. The lowest BCUT2D eigenvalue weighted by atomic mass is 10.4. The van der Waals surface area contributed by atoms with Crippen molar-refractivity contribution in [1.29, 1.82) is 5.26 Å². The van der Waals surface area contributed by atoms with E-state index in [9.17, 15) is 13.2 Å². The van der Waals surface area contributed by atoms with Crippen molar-refractivity contribution < 1.29 is 18.3 Å². The van der Waals surface area contributed by atoms with Gasteiger partial charge in [0.05, 0.1) is 5.56 Å². The van der Waals surface area contributed by atoms with E-state index in [-0.39, 0.29) is 20.3 Å². The van der Waals surface area contributed by atoms with Crippen LogP contribution in [0.2, 0.25) is 0 Å². The molecule has 0 bridgehead atoms. The lowest BCUT2D eigenvalue weighted by molar-refractivity contribution is 0.0698. The van der Waals surface area contributed by atoms with Crippen LogP contribution in [0.5, 0.6) is 0 Å². The highest BCUT2D eigenvalue weighted by atomic mass is 32.2. The molecule has 9 heteroatoms. The van der Waals surface area contributed by atoms with Gasteiger partial charge < -0.3 is 5.11 Å². The molecule has 0 unspecified atom stereocenters. The van der Waals surface area contributed by atoms with Crippen LogP contribution in [-0.4, -0.2) is 19.5 Å². The lowest BCUT2D eigenvalue weighted by Crippen LogP contribution is -2.15. The summed E-state index contributed by atoms with van der Waals surface area (Å²) in [6, 6.07) is 4.55. The number of nitrogens with one attached hydrogen (secondary N) is 1. The molecule has 2 aromatic heterocycles. The van der Waals surface area contributed by atoms with Crippen LogP contribution in [0.4, 0.5) is 5.00 Å². The number of carboxylic acid groups (broad SMARTS) is 1. The van der Waals surface area contributed by atoms with Gasteiger partial charge in [0.25, 0.3) is 10.0 Å². The largest absolute Gasteiger partial charge is 0.477 e. The van der Waals surface area contributed by atoms with E-state index in [4.69, 9.17) is 10.4 Å². The quantitative estimate of drug-likeness (QED) is 0.899. The Kier molecular flexibility index (Phi) is 3.57. The number of hydrogen-bond donors (Lipinski definition) is 2. The van der Waals surface area contributed by atoms with Crippen molar-refractivity contribution in [2.24, 2.45) is 0 Å². The van der Waals surface area contributed by atoms with Crippen molar-refractivity contribution in [3.63, 3.8) is 0 Å². The van der Waals surface area contributed by atoms with E-state index < -0.39 is 16.0 Å². The molecule has 2 aromatic rings. The Hall–Kier alpha value is -1.89. The summed E-state index contributed by atoms with van der Waals surface area (Å²) in [7, 11) is -4.01. The zero-order valence-corrected chi connectivity index (χ0v) is 11.6. The number of thiophene rings is 2. The molecule has 0 aliphatic heterocycles. The molecule has 0 atom stereocenters. The number of carboxylic acids is 1. The fourth-order valence-corrected chi connectivity index (χ4v) is 4.65. The summed E-state index contributed by atoms with van der Waals surface area (Å²) in [5.41, 5.74) is 0.195. The van der Waals surface area contributed by atoms with E-state index in [2.05, 4.69) is 4.72 Å². The van der Waals surface area contributed by atoms with Gasteiger partial charge in [0.2, 0.25) is 0 Å². The summed E-state index contributed by atoms with van der Waals surface area (Å²) in [4.78, 5) is 10.4. The second-order valence-electron chi connectivity index (χ2n) is 3.30. The summed E-state index contributed by atoms with van der Waals surface area (Å²) in [5.74, 6) is -1.30. The molecular formula is C10H6N2O4S3. The van der Waals surface area contributed by atoms with Crippen LogP contribution in [0.25, 0.3) is 0 Å². The van der Waals surface area contributed by atoms with Crippen molar-refractivity contribution in [1.82, 2.24) is 0 Å². The van der Waals surface area contributed by atoms with E-state index in [0.29, 0.717) is 0 Å². The monoisotopic (exact) mass is 314 g/mol. The van der Waals surface area contributed by atoms with Crippen LogP contribution in [0.3, 0.4) is 0 Å². The van der Waals surface area contributed by atoms with E-state index in [1.807, 2.05) is 6.07 Å². The standard InChI is InChI=1S/C10H6N2O4S3/c11-5-6-1-3-18-9(6)12-19(15,16)7-2-4-17-8(7)10(13)14/h1-4,12H,(H,13,14). The molecule has 2 N–H and O–H groups in total. The van der Waals surface area contributed by atoms with Crippen molar-refractivity contribution in [2.45, 2.75) is 4.90 Å². The Balaban J connectivity index is 2.42. The predicted octanol–water partition coefficient (Wildman–Crippen LogP) is 2.18. The van der Waals surface area contributed by atoms with Gasteiger partial charge in [0.15, 0.2) is 0 Å². The number of nitrogens with zero attached hydrogens (tertiary/aromatic N) is 1. The minimum absolute atomic E-state index is 0.171. The number of carbonyl (C=O) groups is 1. The molecule has 19 heavy (non-hydrogen) atoms. The van der Waals surface area contributed by atoms with Gasteiger partial charge in [-0.3, -0.25) is 4.72 Å². The summed E-state index contributed by atoms with van der Waals surface area (Å²) in [5, 5.41) is 20.8. The molecule has 0 aromatic carbocycles. The first-order valence-electron chi connectivity index (χ1n) is 4.77. The first-order chi connectivity index (χ1) is 8.95. The minimum atomic E-state index is -4.01. The smallest absolute Gasteiger partial charge is 0.347 e. The van der Waals surface area contributed by atoms with Gasteiger partial charge in [0.1, 0.15) is 20.8 Å². The van der Waals surface area contributed by atoms with Gasteiger partial charge in [-0.1, -0.05) is 0 Å². The fourth-order valence-electron chi connectivity index (χ4n) is 1.32. The zero-order valence-electron chi connectivity index (χ0n) is 9.15. The van der Waals surface area contributed by atoms with E-state index in [1.165, 1.54) is 17.5 Å². The molecule has 0 saturated heterocycles. The molecule has 0 spiro atoms. The zero-order chi connectivity index (χ0) is 14.0. The molecule has 2 rings (SSSR count). The average Bonchev–Trinajstić information content (AvgIpc) is 2.95. The van der Waals surface area contributed by atoms with Crippen LogP contribution in [-0.2, 0) is 10.0 Å². The van der Waals surface area contributed by atoms with E-state index >= 15 is 0 Å². The van der Waals surface area contributed by atoms with Gasteiger partial charge in [-0.25, -0.2) is 13.2 Å². The second-order valence-corrected chi connectivity index (χ2v) is 6.78. The summed E-state index contributed by atoms with van der Waals surface area (Å²) in [6.07, 6.45) is 0. The van der Waals surface area contributed by atoms with Crippen molar-refractivity contribution in [3.8, 4) is 6.07 Å². The highest BCUT2D eigenvalue weighted by molar-refractivity contribution is 7.93. The number of nitriles is 1. The van der Waals surface area contributed by atoms with E-state index in [0.717, 1.165) is 22.7 Å². The van der Waals surface area contributed by atoms with Gasteiger partial charge in [-0.05, 0) is 22.9 Å². The molecule has 0 fully saturated rings. The number of sulfonamides is 1. The Morgan fingerprint density at radius 3 is 2.63 bits per heavy atom. The van der Waals surface area contributed by atoms with Gasteiger partial charge in [-0.15, -0.1) is 22.7 Å². The highest BCUT2D eigenvalue weighted by Gasteiger charge is 2.24. The third-order valence-corrected chi connectivity index (χ3v) is 5.51. The molecule has 98 valence electrons. The second kappa shape index (κ2) is 5.00. The van der Waals surface area contributed by atoms with Crippen molar-refractivity contribution >= 4 is 43.7 Å². The van der Waals surface area contributed by atoms with Crippen molar-refractivity contribution in [3.05, 3.63) is 33.3 Å². The van der Waals surface area contributed by atoms with Gasteiger partial charge in [0, 0.05) is 0 Å². The van der Waals surface area contributed by atoms with Crippen LogP contribution < -0.4 is 4.72 Å². The topological polar surface area (TPSA) is 107 Å². The molecule has 6 nitrogen and oxygen atoms in total. The third kappa shape index (κ3) is 2.60. The summed E-state index contributed by atoms with van der Waals surface area (Å²) < 4.78 is 26.4. The van der Waals surface area contributed by atoms with Crippen LogP contribution in [0.15, 0.2) is 27.8 Å². The van der Waals surface area contributed by atoms with Crippen molar-refractivity contribution in [2.75, 3.05) is 4.72 Å². The maximum atomic E-state index is 12.1. The highest BCUT2D eigenvalue weighted by Crippen LogP contribution is 2.28. The normalized spacial score (nSPS) is 10.9. The Morgan fingerprint density at radius 2 is 2.00 bits per heavy atom. The minimum Gasteiger partial charge on any atom is -0.477 e. The molecule has 0 saturated carbocycles. The Labute approximate surface area is 116 Å². The first kappa shape index (κ1) is 13.5. The number of anilines is 1. The number of aromatic carboxylic acids is 1. The van der Waals surface area contributed by atoms with Crippen LogP contribution >= 0.6 is 22.7 Å². The van der Waals surface area contributed by atoms with Crippen LogP contribution in [0.1, 0.15) is 15.2 Å². The molecular weight excluding hydrogens is 308 g/mol. The van der Waals surface area contributed by atoms with Crippen LogP contribution in [0, 0.1) is 11.3 Å². The SMILES string of the molecule is N#Cc1ccsc1NS(=O)(=O)c1ccsc1C(=O)O. The number of rotatable bonds is 4. The average molecular weight is 314 g/mol.